The average molecular weight is 469 g/mol. The zero-order valence-electron chi connectivity index (χ0n) is 19.4. The molecule has 2 fully saturated rings. The van der Waals surface area contributed by atoms with Crippen molar-refractivity contribution in [3.8, 4) is 0 Å². The van der Waals surface area contributed by atoms with Crippen LogP contribution in [0.2, 0.25) is 0 Å². The largest absolute Gasteiger partial charge is 0.354 e. The fourth-order valence-electron chi connectivity index (χ4n) is 3.76. The van der Waals surface area contributed by atoms with Crippen LogP contribution in [0.1, 0.15) is 39.5 Å². The van der Waals surface area contributed by atoms with E-state index in [1.165, 1.54) is 30.6 Å². The first kappa shape index (κ1) is 26.5. The number of carbonyl (C=O) groups is 5. The summed E-state index contributed by atoms with van der Waals surface area (Å²) < 4.78 is 0. The number of hydrogen-bond acceptors (Lipinski definition) is 8. The molecule has 1 unspecified atom stereocenters. The molecular formula is C22H36N4O5S. The van der Waals surface area contributed by atoms with E-state index < -0.39 is 0 Å². The Hall–Kier alpha value is -1.78. The van der Waals surface area contributed by atoms with Gasteiger partial charge in [0.15, 0.2) is 0 Å². The van der Waals surface area contributed by atoms with Crippen LogP contribution in [-0.4, -0.2) is 108 Å². The molecule has 0 aromatic carbocycles. The van der Waals surface area contributed by atoms with Crippen LogP contribution in [0.15, 0.2) is 0 Å². The minimum Gasteiger partial charge on any atom is -0.354 e. The van der Waals surface area contributed by atoms with Crippen molar-refractivity contribution in [1.29, 1.82) is 0 Å². The average Bonchev–Trinajstić information content (AvgIpc) is 2.99. The van der Waals surface area contributed by atoms with Crippen molar-refractivity contribution in [2.24, 2.45) is 5.92 Å². The number of thioether (sulfide) groups is 1. The maximum absolute atomic E-state index is 12.2. The molecule has 0 spiro atoms. The zero-order valence-corrected chi connectivity index (χ0v) is 20.2. The second-order valence-electron chi connectivity index (χ2n) is 8.68. The lowest BCUT2D eigenvalue weighted by Crippen LogP contribution is -2.49. The summed E-state index contributed by atoms with van der Waals surface area (Å²) in [5, 5.41) is 2.56. The van der Waals surface area contributed by atoms with E-state index in [0.717, 1.165) is 39.1 Å². The van der Waals surface area contributed by atoms with E-state index in [0.29, 0.717) is 31.7 Å². The van der Waals surface area contributed by atoms with Gasteiger partial charge in [0.25, 0.3) is 0 Å². The first-order valence-electron chi connectivity index (χ1n) is 11.3. The summed E-state index contributed by atoms with van der Waals surface area (Å²) in [5.41, 5.74) is 0. The van der Waals surface area contributed by atoms with E-state index in [1.807, 2.05) is 0 Å². The molecule has 2 rings (SSSR count). The third-order valence-electron chi connectivity index (χ3n) is 6.07. The first-order valence-corrected chi connectivity index (χ1v) is 12.4. The molecule has 3 amide bonds. The smallest absolute Gasteiger partial charge is 0.242 e. The lowest BCUT2D eigenvalue weighted by atomic mass is 9.98. The molecular weight excluding hydrogens is 432 g/mol. The Kier molecular flexibility index (Phi) is 10.8. The molecule has 0 aliphatic carbocycles. The molecule has 2 atom stereocenters. The van der Waals surface area contributed by atoms with Crippen molar-refractivity contribution < 1.29 is 24.0 Å². The fraction of sp³-hybridized carbons (Fsp3) is 0.773. The minimum absolute atomic E-state index is 0.0322. The van der Waals surface area contributed by atoms with Crippen LogP contribution >= 0.6 is 11.8 Å². The molecule has 0 aromatic heterocycles. The number of ketones is 2. The van der Waals surface area contributed by atoms with Crippen LogP contribution in [0.25, 0.3) is 0 Å². The normalized spacial score (nSPS) is 21.1. The highest BCUT2D eigenvalue weighted by Crippen LogP contribution is 2.23. The standard InChI is InChI=1S/C22H36N4O5S/c1-16(17(2)27)13-18(28)5-4-7-25-8-10-26(11-9-25)15-20(29)23-6-12-32-19-14-21(30)24(3)22(19)31/h16,19H,4-15H2,1-3H3,(H,23,29)/t16-,19?/m1/s1. The SMILES string of the molecule is CC(=O)[C@H](C)CC(=O)CCCN1CCN(CC(=O)NCCSC2CC(=O)N(C)C2=O)CC1. The number of Topliss-reactive ketones (excluding diaryl/α,β-unsaturated/α-hetero) is 2. The quantitative estimate of drug-likeness (QED) is 0.301. The number of imide groups is 1. The van der Waals surface area contributed by atoms with E-state index in [-0.39, 0.29) is 46.9 Å². The number of likely N-dealkylation sites (tertiary alicyclic amines) is 1. The Morgan fingerprint density at radius 3 is 2.38 bits per heavy atom. The van der Waals surface area contributed by atoms with E-state index >= 15 is 0 Å². The van der Waals surface area contributed by atoms with Crippen molar-refractivity contribution in [3.05, 3.63) is 0 Å². The zero-order chi connectivity index (χ0) is 23.7. The molecule has 2 saturated heterocycles. The Labute approximate surface area is 194 Å². The number of hydrogen-bond donors (Lipinski definition) is 1. The first-order chi connectivity index (χ1) is 15.2. The van der Waals surface area contributed by atoms with Crippen LogP contribution in [0.5, 0.6) is 0 Å². The van der Waals surface area contributed by atoms with Crippen molar-refractivity contribution >= 4 is 41.0 Å². The molecule has 0 radical (unpaired) electrons. The minimum atomic E-state index is -0.328. The third kappa shape index (κ3) is 8.63. The Balaban J connectivity index is 1.52. The Morgan fingerprint density at radius 1 is 1.12 bits per heavy atom. The third-order valence-corrected chi connectivity index (χ3v) is 7.28. The van der Waals surface area contributed by atoms with Crippen LogP contribution in [-0.2, 0) is 24.0 Å². The van der Waals surface area contributed by atoms with Gasteiger partial charge in [0.2, 0.25) is 17.7 Å². The summed E-state index contributed by atoms with van der Waals surface area (Å²) in [6.07, 6.45) is 1.88. The number of piperazine rings is 1. The summed E-state index contributed by atoms with van der Waals surface area (Å²) in [5.74, 6) is 0.287. The second kappa shape index (κ2) is 13.1. The topological polar surface area (TPSA) is 107 Å². The van der Waals surface area contributed by atoms with Gasteiger partial charge in [0, 0.05) is 70.7 Å². The molecule has 10 heteroatoms. The molecule has 32 heavy (non-hydrogen) atoms. The highest BCUT2D eigenvalue weighted by atomic mass is 32.2. The van der Waals surface area contributed by atoms with Crippen LogP contribution in [0.4, 0.5) is 0 Å². The van der Waals surface area contributed by atoms with Gasteiger partial charge in [-0.25, -0.2) is 0 Å². The molecule has 2 aliphatic heterocycles. The lowest BCUT2D eigenvalue weighted by Gasteiger charge is -2.34. The van der Waals surface area contributed by atoms with Gasteiger partial charge >= 0.3 is 0 Å². The van der Waals surface area contributed by atoms with Gasteiger partial charge in [0.05, 0.1) is 11.8 Å². The number of nitrogens with one attached hydrogen (secondary N) is 1. The van der Waals surface area contributed by atoms with Crippen molar-refractivity contribution in [3.63, 3.8) is 0 Å². The summed E-state index contributed by atoms with van der Waals surface area (Å²) in [7, 11) is 1.50. The number of rotatable bonds is 13. The lowest BCUT2D eigenvalue weighted by molar-refractivity contribution is -0.136. The Bertz CT molecular complexity index is 708. The number of carbonyl (C=O) groups excluding carboxylic acids is 5. The van der Waals surface area contributed by atoms with Crippen molar-refractivity contribution in [1.82, 2.24) is 20.0 Å². The van der Waals surface area contributed by atoms with Crippen LogP contribution in [0, 0.1) is 5.92 Å². The van der Waals surface area contributed by atoms with Crippen LogP contribution in [0.3, 0.4) is 0 Å². The van der Waals surface area contributed by atoms with Gasteiger partial charge in [-0.05, 0) is 19.9 Å². The maximum atomic E-state index is 12.2. The predicted molar refractivity (Wildman–Crippen MR) is 123 cm³/mol. The highest BCUT2D eigenvalue weighted by molar-refractivity contribution is 8.00. The van der Waals surface area contributed by atoms with Gasteiger partial charge in [-0.15, -0.1) is 11.8 Å². The van der Waals surface area contributed by atoms with Gasteiger partial charge < -0.3 is 10.2 Å². The van der Waals surface area contributed by atoms with Gasteiger partial charge in [0.1, 0.15) is 11.6 Å². The van der Waals surface area contributed by atoms with Gasteiger partial charge in [-0.1, -0.05) is 6.92 Å². The van der Waals surface area contributed by atoms with Crippen LogP contribution < -0.4 is 5.32 Å². The number of nitrogens with zero attached hydrogens (tertiary/aromatic N) is 3. The van der Waals surface area contributed by atoms with Crippen molar-refractivity contribution in [2.45, 2.75) is 44.8 Å². The molecule has 180 valence electrons. The van der Waals surface area contributed by atoms with E-state index in [4.69, 9.17) is 0 Å². The van der Waals surface area contributed by atoms with E-state index in [1.54, 1.807) is 6.92 Å². The molecule has 2 aliphatic rings. The summed E-state index contributed by atoms with van der Waals surface area (Å²) in [6, 6.07) is 0. The number of amides is 3. The predicted octanol–water partition coefficient (Wildman–Crippen LogP) is 0.175. The molecule has 2 heterocycles. The fourth-order valence-corrected chi connectivity index (χ4v) is 4.83. The second-order valence-corrected chi connectivity index (χ2v) is 9.99. The molecule has 0 saturated carbocycles. The maximum Gasteiger partial charge on any atom is 0.242 e. The van der Waals surface area contributed by atoms with Gasteiger partial charge in [-0.3, -0.25) is 33.8 Å². The summed E-state index contributed by atoms with van der Waals surface area (Å²) in [6.45, 7) is 8.35. The Morgan fingerprint density at radius 2 is 1.78 bits per heavy atom. The highest BCUT2D eigenvalue weighted by Gasteiger charge is 2.36. The monoisotopic (exact) mass is 468 g/mol. The molecule has 1 N–H and O–H groups in total. The molecule has 0 bridgehead atoms. The molecule has 9 nitrogen and oxygen atoms in total. The van der Waals surface area contributed by atoms with E-state index in [2.05, 4.69) is 15.1 Å². The molecule has 0 aromatic rings. The van der Waals surface area contributed by atoms with Gasteiger partial charge in [-0.2, -0.15) is 0 Å². The van der Waals surface area contributed by atoms with Crippen molar-refractivity contribution in [2.75, 3.05) is 58.6 Å². The summed E-state index contributed by atoms with van der Waals surface area (Å²) >= 11 is 1.41. The summed E-state index contributed by atoms with van der Waals surface area (Å²) in [4.78, 5) is 64.3. The van der Waals surface area contributed by atoms with E-state index in [9.17, 15) is 24.0 Å².